The number of carbonyl (C=O) groups is 3. The summed E-state index contributed by atoms with van der Waals surface area (Å²) in [6.45, 7) is 1.32. The molecule has 0 saturated carbocycles. The quantitative estimate of drug-likeness (QED) is 0.0669. The zero-order valence-corrected chi connectivity index (χ0v) is 38.0. The van der Waals surface area contributed by atoms with Gasteiger partial charge in [-0.25, -0.2) is 0 Å². The van der Waals surface area contributed by atoms with Crippen LogP contribution in [0.25, 0.3) is 0 Å². The summed E-state index contributed by atoms with van der Waals surface area (Å²) in [6.07, 6.45) is 8.86. The molecule has 9 rings (SSSR count). The van der Waals surface area contributed by atoms with E-state index in [0.717, 1.165) is 39.4 Å². The third-order valence-corrected chi connectivity index (χ3v) is 13.6. The number of rotatable bonds is 18. The molecule has 5 aromatic carbocycles. The van der Waals surface area contributed by atoms with Crippen LogP contribution in [0, 0.1) is 0 Å². The van der Waals surface area contributed by atoms with E-state index in [4.69, 9.17) is 33.7 Å². The van der Waals surface area contributed by atoms with Gasteiger partial charge in [-0.1, -0.05) is 58.0 Å². The second-order valence-electron chi connectivity index (χ2n) is 16.0. The fraction of sp³-hybridized carbons (Fsp3) is 0.300. The Labute approximate surface area is 385 Å². The lowest BCUT2D eigenvalue weighted by atomic mass is 10.1. The first kappa shape index (κ1) is 43.8. The molecule has 5 aromatic rings. The van der Waals surface area contributed by atoms with Crippen molar-refractivity contribution in [3.8, 4) is 28.7 Å². The topological polar surface area (TPSA) is 141 Å². The maximum atomic E-state index is 14.0. The molecule has 4 aliphatic heterocycles. The molecule has 4 heterocycles. The zero-order chi connectivity index (χ0) is 44.9. The number of ether oxygens (including phenoxy) is 5. The van der Waals surface area contributed by atoms with Crippen LogP contribution in [-0.2, 0) is 30.8 Å². The van der Waals surface area contributed by atoms with Crippen molar-refractivity contribution < 1.29 is 38.1 Å². The summed E-state index contributed by atoms with van der Waals surface area (Å²) < 4.78 is 30.7. The molecule has 65 heavy (non-hydrogen) atoms. The first-order chi connectivity index (χ1) is 31.8. The van der Waals surface area contributed by atoms with Gasteiger partial charge in [0.2, 0.25) is 5.91 Å². The summed E-state index contributed by atoms with van der Waals surface area (Å²) in [4.78, 5) is 53.5. The smallest absolute Gasteiger partial charge is 0.261 e. The summed E-state index contributed by atoms with van der Waals surface area (Å²) in [5.74, 6) is 2.90. The van der Waals surface area contributed by atoms with Gasteiger partial charge in [-0.2, -0.15) is 0 Å². The highest BCUT2D eigenvalue weighted by Gasteiger charge is 2.38. The van der Waals surface area contributed by atoms with Gasteiger partial charge in [0, 0.05) is 67.5 Å². The van der Waals surface area contributed by atoms with E-state index in [9.17, 15) is 14.4 Å². The number of hydrogen-bond donors (Lipinski definition) is 1. The lowest BCUT2D eigenvalue weighted by molar-refractivity contribution is -0.121. The van der Waals surface area contributed by atoms with Crippen LogP contribution in [0.4, 0.5) is 22.7 Å². The fourth-order valence-electron chi connectivity index (χ4n) is 8.66. The lowest BCUT2D eigenvalue weighted by Crippen LogP contribution is -2.37. The first-order valence-corrected chi connectivity index (χ1v) is 24.3. The number of unbranched alkanes of at least 4 members (excludes halogenated alkanes) is 1. The number of nitrogens with zero attached hydrogens (tertiary/aromatic N) is 4. The molecular weight excluding hydrogens is 863 g/mol. The Morgan fingerprint density at radius 1 is 0.692 bits per heavy atom. The van der Waals surface area contributed by atoms with Crippen LogP contribution in [0.15, 0.2) is 101 Å². The molecule has 334 valence electrons. The normalized spacial score (nSPS) is 16.4. The first-order valence-electron chi connectivity index (χ1n) is 21.6. The van der Waals surface area contributed by atoms with E-state index in [1.165, 1.54) is 0 Å². The number of carbonyl (C=O) groups excluding carboxylic acids is 3. The van der Waals surface area contributed by atoms with E-state index >= 15 is 0 Å². The number of aliphatic imine (C=N–C) groups is 2. The summed E-state index contributed by atoms with van der Waals surface area (Å²) >= 11 is 0. The molecule has 13 nitrogen and oxygen atoms in total. The van der Waals surface area contributed by atoms with Gasteiger partial charge in [-0.3, -0.25) is 34.2 Å². The van der Waals surface area contributed by atoms with Gasteiger partial charge in [0.25, 0.3) is 11.8 Å². The number of nitrogens with one attached hydrogen (secondary N) is 1. The van der Waals surface area contributed by atoms with Crippen molar-refractivity contribution in [2.75, 3.05) is 49.2 Å². The van der Waals surface area contributed by atoms with Gasteiger partial charge >= 0.3 is 0 Å². The van der Waals surface area contributed by atoms with Gasteiger partial charge in [0.05, 0.1) is 55.4 Å². The average Bonchev–Trinajstić information content (AvgIpc) is 3.82. The zero-order valence-electron chi connectivity index (χ0n) is 36.4. The number of para-hydroxylation sites is 2. The summed E-state index contributed by atoms with van der Waals surface area (Å²) in [7, 11) is 6.50. The minimum atomic E-state index is -0.186. The Balaban J connectivity index is 0.929. The SMILES string of the molecule is COc1cc2c(cc1OCc1cc(COc3cc4c(cc3OC)C(=O)N3c5ccccc5C[C@H]3C=N4)cc(OCCCCC(=O)NCCSSC)c1)N=C[C@@H]1Cc3ccccc3N1C2=O. The Bertz CT molecular complexity index is 2530. The van der Waals surface area contributed by atoms with E-state index in [1.807, 2.05) is 85.4 Å². The van der Waals surface area contributed by atoms with E-state index in [-0.39, 0.29) is 43.0 Å². The Morgan fingerprint density at radius 3 is 1.75 bits per heavy atom. The molecule has 2 atom stereocenters. The van der Waals surface area contributed by atoms with Crippen LogP contribution in [0.3, 0.4) is 0 Å². The van der Waals surface area contributed by atoms with Crippen molar-refractivity contribution in [3.05, 3.63) is 124 Å². The molecule has 0 bridgehead atoms. The van der Waals surface area contributed by atoms with Crippen molar-refractivity contribution in [2.24, 2.45) is 9.98 Å². The number of hydrogen-bond acceptors (Lipinski definition) is 12. The van der Waals surface area contributed by atoms with Crippen molar-refractivity contribution in [3.63, 3.8) is 0 Å². The van der Waals surface area contributed by atoms with Gasteiger partial charge in [-0.05, 0) is 83.8 Å². The van der Waals surface area contributed by atoms with E-state index in [2.05, 4.69) is 5.32 Å². The van der Waals surface area contributed by atoms with Crippen LogP contribution in [-0.4, -0.2) is 81.6 Å². The van der Waals surface area contributed by atoms with Crippen LogP contribution >= 0.6 is 21.6 Å². The number of anilines is 2. The number of amides is 3. The molecule has 3 amide bonds. The average molecular weight is 912 g/mol. The summed E-state index contributed by atoms with van der Waals surface area (Å²) in [5.41, 5.74) is 7.45. The highest BCUT2D eigenvalue weighted by Crippen LogP contribution is 2.43. The van der Waals surface area contributed by atoms with Crippen LogP contribution < -0.4 is 38.8 Å². The van der Waals surface area contributed by atoms with Gasteiger partial charge < -0.3 is 29.0 Å². The maximum Gasteiger partial charge on any atom is 0.261 e. The molecule has 4 aliphatic rings. The Kier molecular flexibility index (Phi) is 13.3. The standard InChI is InChI=1S/C50H49N5O8S2/c1-59-44-23-38-40(52-27-35-21-33-10-4-6-12-42(33)54(35)49(38)57)25-46(44)62-29-31-18-32(20-37(19-31)61-16-9-8-14-48(56)51-15-17-65-64-3)30-63-47-26-41-39(24-45(47)60-2)50(58)55-36(28-53-41)22-34-11-5-7-13-43(34)55/h4-7,10-13,18-20,23-28,35-36H,8-9,14-17,21-22,29-30H2,1-3H3,(H,51,56)/t35-,36-/m0/s1. The maximum absolute atomic E-state index is 14.0. The van der Waals surface area contributed by atoms with Crippen LogP contribution in [0.2, 0.25) is 0 Å². The Morgan fingerprint density at radius 2 is 1.23 bits per heavy atom. The summed E-state index contributed by atoms with van der Waals surface area (Å²) in [5, 5.41) is 2.97. The predicted octanol–water partition coefficient (Wildman–Crippen LogP) is 9.11. The van der Waals surface area contributed by atoms with Crippen LogP contribution in [0.1, 0.15) is 62.2 Å². The van der Waals surface area contributed by atoms with Crippen molar-refractivity contribution >= 4 is 74.5 Å². The van der Waals surface area contributed by atoms with Gasteiger partial charge in [0.1, 0.15) is 19.0 Å². The van der Waals surface area contributed by atoms with E-state index in [0.29, 0.717) is 96.5 Å². The van der Waals surface area contributed by atoms with Crippen molar-refractivity contribution in [1.82, 2.24) is 5.32 Å². The van der Waals surface area contributed by atoms with Gasteiger partial charge in [-0.15, -0.1) is 0 Å². The predicted molar refractivity (Wildman–Crippen MR) is 257 cm³/mol. The fourth-order valence-corrected chi connectivity index (χ4v) is 9.76. The molecule has 0 saturated heterocycles. The van der Waals surface area contributed by atoms with Gasteiger partial charge in [0.15, 0.2) is 23.0 Å². The minimum absolute atomic E-state index is 0.0354. The summed E-state index contributed by atoms with van der Waals surface area (Å²) in [6, 6.07) is 28.2. The van der Waals surface area contributed by atoms with Crippen molar-refractivity contribution in [2.45, 2.75) is 57.4 Å². The second-order valence-corrected chi connectivity index (χ2v) is 18.6. The molecule has 15 heteroatoms. The van der Waals surface area contributed by atoms with E-state index < -0.39 is 0 Å². The molecule has 0 unspecified atom stereocenters. The molecule has 1 N–H and O–H groups in total. The molecular formula is C50H49N5O8S2. The second kappa shape index (κ2) is 19.7. The number of methoxy groups -OCH3 is 2. The third-order valence-electron chi connectivity index (χ3n) is 11.8. The van der Waals surface area contributed by atoms with Crippen LogP contribution in [0.5, 0.6) is 28.7 Å². The lowest BCUT2D eigenvalue weighted by Gasteiger charge is -2.22. The van der Waals surface area contributed by atoms with E-state index in [1.54, 1.807) is 69.9 Å². The number of benzene rings is 5. The Hall–Kier alpha value is -6.45. The molecule has 0 radical (unpaired) electrons. The minimum Gasteiger partial charge on any atom is -0.494 e. The highest BCUT2D eigenvalue weighted by molar-refractivity contribution is 8.76. The molecule has 0 aliphatic carbocycles. The largest absolute Gasteiger partial charge is 0.494 e. The molecule has 0 spiro atoms. The monoisotopic (exact) mass is 911 g/mol. The number of fused-ring (bicyclic) bond motifs is 8. The third kappa shape index (κ3) is 9.39. The van der Waals surface area contributed by atoms with Crippen molar-refractivity contribution in [1.29, 1.82) is 0 Å². The molecule has 0 fully saturated rings. The molecule has 0 aromatic heterocycles. The highest BCUT2D eigenvalue weighted by atomic mass is 33.1.